The lowest BCUT2D eigenvalue weighted by molar-refractivity contribution is 0.594. The Morgan fingerprint density at radius 1 is 1.24 bits per heavy atom. The summed E-state index contributed by atoms with van der Waals surface area (Å²) in [7, 11) is 0. The maximum absolute atomic E-state index is 4.48. The minimum atomic E-state index is 0.919. The van der Waals surface area contributed by atoms with Crippen LogP contribution in [-0.2, 0) is 13.1 Å². The summed E-state index contributed by atoms with van der Waals surface area (Å²) in [5, 5.41) is 8.82. The van der Waals surface area contributed by atoms with Crippen molar-refractivity contribution in [3.8, 4) is 11.3 Å². The fourth-order valence-electron chi connectivity index (χ4n) is 1.96. The molecule has 91 valence electrons. The van der Waals surface area contributed by atoms with E-state index in [9.17, 15) is 0 Å². The molecule has 0 aliphatic rings. The van der Waals surface area contributed by atoms with Crippen molar-refractivity contribution in [1.29, 1.82) is 0 Å². The summed E-state index contributed by atoms with van der Waals surface area (Å²) in [5.74, 6) is 0. The molecule has 0 saturated heterocycles. The zero-order valence-electron chi connectivity index (χ0n) is 10.8. The molecule has 2 aromatic rings. The molecule has 0 atom stereocenters. The van der Waals surface area contributed by atoms with Gasteiger partial charge in [-0.05, 0) is 25.8 Å². The molecule has 0 N–H and O–H groups in total. The van der Waals surface area contributed by atoms with Crippen LogP contribution in [0.5, 0.6) is 0 Å². The fourth-order valence-corrected chi connectivity index (χ4v) is 1.96. The van der Waals surface area contributed by atoms with E-state index < -0.39 is 0 Å². The first-order valence-electron chi connectivity index (χ1n) is 6.25. The molecule has 4 heteroatoms. The van der Waals surface area contributed by atoms with Gasteiger partial charge >= 0.3 is 0 Å². The van der Waals surface area contributed by atoms with E-state index in [2.05, 4.69) is 30.2 Å². The molecule has 0 spiro atoms. The monoisotopic (exact) mass is 231 g/mol. The van der Waals surface area contributed by atoms with Crippen molar-refractivity contribution < 1.29 is 0 Å². The highest BCUT2D eigenvalue weighted by atomic mass is 15.3. The van der Waals surface area contributed by atoms with E-state index in [0.717, 1.165) is 42.9 Å². The summed E-state index contributed by atoms with van der Waals surface area (Å²) >= 11 is 0. The highest BCUT2D eigenvalue weighted by Gasteiger charge is 2.12. The molecule has 0 amide bonds. The van der Waals surface area contributed by atoms with Crippen molar-refractivity contribution >= 4 is 0 Å². The third-order valence-corrected chi connectivity index (χ3v) is 2.72. The lowest BCUT2D eigenvalue weighted by Gasteiger charge is -2.03. The van der Waals surface area contributed by atoms with E-state index >= 15 is 0 Å². The Morgan fingerprint density at radius 3 is 2.71 bits per heavy atom. The fraction of sp³-hybridized carbons (Fsp3) is 0.538. The Bertz CT molecular complexity index is 481. The van der Waals surface area contributed by atoms with E-state index in [1.54, 1.807) is 0 Å². The van der Waals surface area contributed by atoms with Crippen molar-refractivity contribution in [2.75, 3.05) is 0 Å². The molecule has 0 saturated carbocycles. The van der Waals surface area contributed by atoms with E-state index in [1.807, 2.05) is 28.6 Å². The molecule has 0 aliphatic carbocycles. The molecular weight excluding hydrogens is 212 g/mol. The van der Waals surface area contributed by atoms with Gasteiger partial charge < -0.3 is 0 Å². The van der Waals surface area contributed by atoms with Crippen molar-refractivity contribution in [2.45, 2.75) is 46.7 Å². The smallest absolute Gasteiger partial charge is 0.0967 e. The molecule has 0 fully saturated rings. The quantitative estimate of drug-likeness (QED) is 0.793. The van der Waals surface area contributed by atoms with Crippen LogP contribution >= 0.6 is 0 Å². The Hall–Kier alpha value is -1.58. The molecule has 1 radical (unpaired) electrons. The minimum Gasteiger partial charge on any atom is -0.265 e. The SMILES string of the molecule is CCCn1[c]c(-c2ccnn2CCC)c(C)n1. The van der Waals surface area contributed by atoms with E-state index in [-0.39, 0.29) is 0 Å². The molecule has 2 rings (SSSR count). The Morgan fingerprint density at radius 2 is 2.00 bits per heavy atom. The van der Waals surface area contributed by atoms with Gasteiger partial charge in [-0.1, -0.05) is 13.8 Å². The zero-order valence-corrected chi connectivity index (χ0v) is 10.8. The van der Waals surface area contributed by atoms with Crippen LogP contribution in [0.15, 0.2) is 12.3 Å². The lowest BCUT2D eigenvalue weighted by atomic mass is 10.2. The third kappa shape index (κ3) is 2.40. The first-order valence-corrected chi connectivity index (χ1v) is 6.25. The minimum absolute atomic E-state index is 0.919. The van der Waals surface area contributed by atoms with Gasteiger partial charge in [0.2, 0.25) is 0 Å². The van der Waals surface area contributed by atoms with Gasteiger partial charge in [0, 0.05) is 19.3 Å². The lowest BCUT2D eigenvalue weighted by Crippen LogP contribution is -2.01. The summed E-state index contributed by atoms with van der Waals surface area (Å²) in [6.07, 6.45) is 7.33. The van der Waals surface area contributed by atoms with Gasteiger partial charge in [0.15, 0.2) is 0 Å². The highest BCUT2D eigenvalue weighted by Crippen LogP contribution is 2.21. The second-order valence-corrected chi connectivity index (χ2v) is 4.23. The summed E-state index contributed by atoms with van der Waals surface area (Å²) in [6, 6.07) is 2.03. The summed E-state index contributed by atoms with van der Waals surface area (Å²) in [5.41, 5.74) is 3.22. The molecule has 0 aliphatic heterocycles. The van der Waals surface area contributed by atoms with Crippen molar-refractivity contribution in [1.82, 2.24) is 19.6 Å². The first-order chi connectivity index (χ1) is 8.26. The van der Waals surface area contributed by atoms with Gasteiger partial charge in [-0.2, -0.15) is 10.2 Å². The maximum Gasteiger partial charge on any atom is 0.0967 e. The average Bonchev–Trinajstić information content (AvgIpc) is 2.86. The first kappa shape index (κ1) is 11.9. The third-order valence-electron chi connectivity index (χ3n) is 2.72. The van der Waals surface area contributed by atoms with Gasteiger partial charge in [0.25, 0.3) is 0 Å². The van der Waals surface area contributed by atoms with Crippen molar-refractivity contribution in [3.05, 3.63) is 24.2 Å². The molecule has 2 aromatic heterocycles. The van der Waals surface area contributed by atoms with Crippen LogP contribution in [0.3, 0.4) is 0 Å². The number of aromatic nitrogens is 4. The molecule has 0 aromatic carbocycles. The van der Waals surface area contributed by atoms with Crippen LogP contribution in [-0.4, -0.2) is 19.6 Å². The van der Waals surface area contributed by atoms with Crippen LogP contribution in [0.25, 0.3) is 11.3 Å². The van der Waals surface area contributed by atoms with Crippen molar-refractivity contribution in [2.24, 2.45) is 0 Å². The molecular formula is C13H19N4. The normalized spacial score (nSPS) is 11.0. The maximum atomic E-state index is 4.48. The predicted molar refractivity (Wildman–Crippen MR) is 67.6 cm³/mol. The number of nitrogens with zero attached hydrogens (tertiary/aromatic N) is 4. The summed E-state index contributed by atoms with van der Waals surface area (Å²) < 4.78 is 3.92. The van der Waals surface area contributed by atoms with Gasteiger partial charge in [0.1, 0.15) is 0 Å². The second kappa shape index (κ2) is 5.17. The standard InChI is InChI=1S/C13H19N4/c1-4-8-16-10-12(11(3)15-16)13-6-7-14-17(13)9-5-2/h6-7H,4-5,8-9H2,1-3H3. The molecule has 0 bridgehead atoms. The van der Waals surface area contributed by atoms with Gasteiger partial charge in [-0.3, -0.25) is 9.36 Å². The topological polar surface area (TPSA) is 35.6 Å². The van der Waals surface area contributed by atoms with Crippen LogP contribution in [0.4, 0.5) is 0 Å². The Balaban J connectivity index is 2.34. The van der Waals surface area contributed by atoms with Gasteiger partial charge in [-0.15, -0.1) is 0 Å². The van der Waals surface area contributed by atoms with Gasteiger partial charge in [0.05, 0.1) is 23.1 Å². The Labute approximate surface area is 102 Å². The second-order valence-electron chi connectivity index (χ2n) is 4.23. The van der Waals surface area contributed by atoms with Crippen LogP contribution in [0.1, 0.15) is 32.4 Å². The molecule has 4 nitrogen and oxygen atoms in total. The Kier molecular flexibility index (Phi) is 3.61. The molecule has 17 heavy (non-hydrogen) atoms. The summed E-state index contributed by atoms with van der Waals surface area (Å²) in [4.78, 5) is 0. The highest BCUT2D eigenvalue weighted by molar-refractivity contribution is 5.60. The number of hydrogen-bond donors (Lipinski definition) is 0. The van der Waals surface area contributed by atoms with Crippen LogP contribution < -0.4 is 0 Å². The number of rotatable bonds is 5. The van der Waals surface area contributed by atoms with Gasteiger partial charge in [-0.25, -0.2) is 0 Å². The van der Waals surface area contributed by atoms with Crippen LogP contribution in [0, 0.1) is 13.1 Å². The van der Waals surface area contributed by atoms with Crippen LogP contribution in [0.2, 0.25) is 0 Å². The predicted octanol–water partition coefficient (Wildman–Crippen LogP) is 2.68. The number of aryl methyl sites for hydroxylation is 3. The molecule has 2 heterocycles. The zero-order chi connectivity index (χ0) is 12.3. The molecule has 0 unspecified atom stereocenters. The van der Waals surface area contributed by atoms with E-state index in [1.165, 1.54) is 0 Å². The number of hydrogen-bond acceptors (Lipinski definition) is 2. The van der Waals surface area contributed by atoms with Crippen molar-refractivity contribution in [3.63, 3.8) is 0 Å². The average molecular weight is 231 g/mol. The summed E-state index contributed by atoms with van der Waals surface area (Å²) in [6.45, 7) is 8.19. The van der Waals surface area contributed by atoms with E-state index in [4.69, 9.17) is 0 Å². The van der Waals surface area contributed by atoms with E-state index in [0.29, 0.717) is 0 Å². The largest absolute Gasteiger partial charge is 0.265 e.